The Hall–Kier alpha value is -7.20. The van der Waals surface area contributed by atoms with Crippen LogP contribution in [0.3, 0.4) is 0 Å². The average Bonchev–Trinajstić information content (AvgIpc) is 3.33. The maximum Gasteiger partial charge on any atom is 2.00 e. The van der Waals surface area contributed by atoms with Gasteiger partial charge in [0.15, 0.2) is 0 Å². The molecule has 0 aliphatic rings. The minimum absolute atomic E-state index is 0. The maximum atomic E-state index is 9.87. The first kappa shape index (κ1) is 63.9. The molecule has 0 saturated heterocycles. The van der Waals surface area contributed by atoms with Crippen molar-refractivity contribution in [2.24, 2.45) is 0 Å². The van der Waals surface area contributed by atoms with Crippen molar-refractivity contribution in [3.8, 4) is 45.6 Å². The van der Waals surface area contributed by atoms with Crippen molar-refractivity contribution in [2.75, 3.05) is 0 Å². The molecule has 0 unspecified atom stereocenters. The summed E-state index contributed by atoms with van der Waals surface area (Å²) in [7, 11) is -21.3. The van der Waals surface area contributed by atoms with Crippen LogP contribution in [0.25, 0.3) is 69.9 Å². The zero-order chi connectivity index (χ0) is 55.5. The summed E-state index contributed by atoms with van der Waals surface area (Å²) in [5.74, 6) is 0. The first-order valence-corrected chi connectivity index (χ1v) is 25.3. The van der Waals surface area contributed by atoms with Crippen LogP contribution in [-0.4, -0.2) is 39.9 Å². The predicted molar refractivity (Wildman–Crippen MR) is 276 cm³/mol. The van der Waals surface area contributed by atoms with Crippen molar-refractivity contribution in [1.29, 1.82) is 0 Å². The SMILES string of the molecule is C=Cc1ccnc(-c2cc(C)ccn2)c1.C=Cc1ccnc(-c2cc(C)ccn2)c1.C=Cc1ccnc(-c2cc(C)ccn2)c1.C=Cc1ccnc(-c2cc(C)ccn2)c1.F[P-](F)(F)(F)(F)F.F[P-](F)(F)(F)(F)F.[Ru+2]. The van der Waals surface area contributed by atoms with Gasteiger partial charge in [0, 0.05) is 49.6 Å². The standard InChI is InChI=1S/4C13H12N2.2F6P.Ru/c4*1-3-11-5-7-15-13(9-11)12-8-10(2)4-6-14-12;2*1-7(2,3,4,5)6;/h4*3-9H,1H2,2H3;;;/q;;;;2*-1;+2. The van der Waals surface area contributed by atoms with E-state index in [2.05, 4.69) is 66.2 Å². The predicted octanol–water partition coefficient (Wildman–Crippen LogP) is 19.1. The third kappa shape index (κ3) is 29.9. The third-order valence-corrected chi connectivity index (χ3v) is 8.79. The van der Waals surface area contributed by atoms with Crippen LogP contribution >= 0.6 is 15.6 Å². The van der Waals surface area contributed by atoms with E-state index in [0.29, 0.717) is 0 Å². The summed E-state index contributed by atoms with van der Waals surface area (Å²) in [5.41, 5.74) is 16.1. The molecule has 0 aliphatic heterocycles. The number of hydrogen-bond donors (Lipinski definition) is 0. The monoisotopic (exact) mass is 1180 g/mol. The van der Waals surface area contributed by atoms with E-state index >= 15 is 0 Å². The Morgan fingerprint density at radius 2 is 0.413 bits per heavy atom. The van der Waals surface area contributed by atoms with Gasteiger partial charge in [0.1, 0.15) is 0 Å². The molecule has 0 fully saturated rings. The molecule has 0 radical (unpaired) electrons. The van der Waals surface area contributed by atoms with Gasteiger partial charge >= 0.3 is 85.5 Å². The van der Waals surface area contributed by atoms with Crippen LogP contribution < -0.4 is 0 Å². The molecule has 0 N–H and O–H groups in total. The second kappa shape index (κ2) is 25.4. The number of pyridine rings is 8. The van der Waals surface area contributed by atoms with E-state index in [4.69, 9.17) is 0 Å². The van der Waals surface area contributed by atoms with E-state index in [0.717, 1.165) is 67.8 Å². The summed E-state index contributed by atoms with van der Waals surface area (Å²) in [6.07, 6.45) is 21.5. The molecule has 8 nitrogen and oxygen atoms in total. The quantitative estimate of drug-likeness (QED) is 0.0842. The summed E-state index contributed by atoms with van der Waals surface area (Å²) in [4.78, 5) is 34.3. The normalized spacial score (nSPS) is 12.3. The first-order valence-electron chi connectivity index (χ1n) is 21.3. The molecule has 8 aromatic rings. The van der Waals surface area contributed by atoms with Gasteiger partial charge in [-0.25, -0.2) is 0 Å². The van der Waals surface area contributed by atoms with Gasteiger partial charge in [-0.15, -0.1) is 0 Å². The summed E-state index contributed by atoms with van der Waals surface area (Å²) >= 11 is 0. The smallest absolute Gasteiger partial charge is 2.00 e. The molecule has 75 heavy (non-hydrogen) atoms. The van der Waals surface area contributed by atoms with Gasteiger partial charge in [0.2, 0.25) is 0 Å². The van der Waals surface area contributed by atoms with Gasteiger partial charge in [0.25, 0.3) is 0 Å². The van der Waals surface area contributed by atoms with Crippen LogP contribution in [-0.2, 0) is 19.5 Å². The fourth-order valence-corrected chi connectivity index (χ4v) is 5.56. The van der Waals surface area contributed by atoms with Crippen molar-refractivity contribution >= 4 is 39.9 Å². The molecule has 23 heteroatoms. The number of aryl methyl sites for hydroxylation is 4. The molecule has 398 valence electrons. The largest absolute Gasteiger partial charge is 2.00 e. The fourth-order valence-electron chi connectivity index (χ4n) is 5.56. The number of rotatable bonds is 8. The summed E-state index contributed by atoms with van der Waals surface area (Å²) in [6.45, 7) is 23.1. The summed E-state index contributed by atoms with van der Waals surface area (Å²) in [6, 6.07) is 31.6. The van der Waals surface area contributed by atoms with E-state index in [1.165, 1.54) is 22.3 Å². The number of hydrogen-bond acceptors (Lipinski definition) is 8. The third-order valence-electron chi connectivity index (χ3n) is 8.79. The zero-order valence-electron chi connectivity index (χ0n) is 40.4. The van der Waals surface area contributed by atoms with E-state index in [-0.39, 0.29) is 19.5 Å². The van der Waals surface area contributed by atoms with Crippen LogP contribution in [0.1, 0.15) is 44.5 Å². The zero-order valence-corrected chi connectivity index (χ0v) is 43.9. The van der Waals surface area contributed by atoms with E-state index < -0.39 is 15.6 Å². The molecule has 0 aliphatic carbocycles. The molecular weight excluding hydrogens is 1130 g/mol. The molecule has 0 amide bonds. The van der Waals surface area contributed by atoms with Gasteiger partial charge in [-0.05, 0) is 169 Å². The van der Waals surface area contributed by atoms with E-state index in [1.807, 2.05) is 125 Å². The van der Waals surface area contributed by atoms with Crippen molar-refractivity contribution in [3.63, 3.8) is 0 Å². The number of nitrogens with zero attached hydrogens (tertiary/aromatic N) is 8. The Balaban J connectivity index is 0.000000315. The van der Waals surface area contributed by atoms with Gasteiger partial charge in [-0.1, -0.05) is 50.6 Å². The average molecular weight is 1180 g/mol. The van der Waals surface area contributed by atoms with Crippen molar-refractivity contribution in [2.45, 2.75) is 27.7 Å². The Kier molecular flexibility index (Phi) is 21.6. The second-order valence-corrected chi connectivity index (χ2v) is 19.3. The van der Waals surface area contributed by atoms with Crippen molar-refractivity contribution < 1.29 is 69.8 Å². The van der Waals surface area contributed by atoms with Crippen LogP contribution in [0.5, 0.6) is 0 Å². The molecule has 8 aromatic heterocycles. The second-order valence-electron chi connectivity index (χ2n) is 15.5. The Morgan fingerprint density at radius 1 is 0.280 bits per heavy atom. The van der Waals surface area contributed by atoms with E-state index in [1.54, 1.807) is 73.9 Å². The van der Waals surface area contributed by atoms with E-state index in [9.17, 15) is 50.4 Å². The van der Waals surface area contributed by atoms with Crippen molar-refractivity contribution in [1.82, 2.24) is 39.9 Å². The van der Waals surface area contributed by atoms with Crippen LogP contribution in [0.4, 0.5) is 50.4 Å². The number of halogens is 12. The minimum atomic E-state index is -10.7. The first-order chi connectivity index (χ1) is 34.1. The van der Waals surface area contributed by atoms with Gasteiger partial charge in [-0.3, -0.25) is 39.9 Å². The number of aromatic nitrogens is 8. The molecule has 0 saturated carbocycles. The fraction of sp³-hybridized carbons (Fsp3) is 0.0769. The molecule has 8 rings (SSSR count). The summed E-state index contributed by atoms with van der Waals surface area (Å²) < 4.78 is 118. The van der Waals surface area contributed by atoms with Gasteiger partial charge < -0.3 is 0 Å². The molecule has 0 spiro atoms. The van der Waals surface area contributed by atoms with Crippen LogP contribution in [0.2, 0.25) is 0 Å². The molecule has 8 heterocycles. The van der Waals surface area contributed by atoms with Crippen molar-refractivity contribution in [3.05, 3.63) is 217 Å². The Bertz CT molecular complexity index is 2800. The maximum absolute atomic E-state index is 10.7. The minimum Gasteiger partial charge on any atom is 2.00 e. The molecule has 0 atom stereocenters. The van der Waals surface area contributed by atoms with Crippen LogP contribution in [0.15, 0.2) is 173 Å². The topological polar surface area (TPSA) is 103 Å². The van der Waals surface area contributed by atoms with Gasteiger partial charge in [0.05, 0.1) is 45.6 Å². The summed E-state index contributed by atoms with van der Waals surface area (Å²) in [5, 5.41) is 0. The molecular formula is C52H48F12N8P2Ru. The molecule has 0 aromatic carbocycles. The Labute approximate surface area is 438 Å². The van der Waals surface area contributed by atoms with Gasteiger partial charge in [-0.2, -0.15) is 0 Å². The Morgan fingerprint density at radius 3 is 0.547 bits per heavy atom. The molecule has 0 bridgehead atoms. The van der Waals surface area contributed by atoms with Crippen LogP contribution in [0, 0.1) is 27.7 Å².